The fourth-order valence-electron chi connectivity index (χ4n) is 3.02. The molecule has 4 heteroatoms. The van der Waals surface area contributed by atoms with E-state index in [0.717, 1.165) is 42.3 Å². The summed E-state index contributed by atoms with van der Waals surface area (Å²) in [7, 11) is 3.39. The second-order valence-corrected chi connectivity index (χ2v) is 5.98. The lowest BCUT2D eigenvalue weighted by atomic mass is 9.97. The standard InChI is InChI=1S/C17H26FNO2/c1-12(2)16-15(20-3)6-5-13(17(16)21-4)11-19-9-7-14(18)8-10-19/h5-6,12,14H,7-11H2,1-4H3. The maximum absolute atomic E-state index is 13.2. The number of alkyl halides is 1. The molecule has 1 aliphatic heterocycles. The lowest BCUT2D eigenvalue weighted by molar-refractivity contribution is 0.144. The van der Waals surface area contributed by atoms with Crippen LogP contribution in [0.25, 0.3) is 0 Å². The van der Waals surface area contributed by atoms with Gasteiger partial charge >= 0.3 is 0 Å². The van der Waals surface area contributed by atoms with Gasteiger partial charge in [-0.2, -0.15) is 0 Å². The molecule has 0 amide bonds. The summed E-state index contributed by atoms with van der Waals surface area (Å²) in [6.45, 7) is 6.71. The fraction of sp³-hybridized carbons (Fsp3) is 0.647. The van der Waals surface area contributed by atoms with Crippen molar-refractivity contribution in [1.29, 1.82) is 0 Å². The molecule has 1 fully saturated rings. The quantitative estimate of drug-likeness (QED) is 0.825. The number of rotatable bonds is 5. The average molecular weight is 295 g/mol. The number of hydrogen-bond donors (Lipinski definition) is 0. The highest BCUT2D eigenvalue weighted by atomic mass is 19.1. The van der Waals surface area contributed by atoms with Crippen LogP contribution in [-0.4, -0.2) is 38.4 Å². The van der Waals surface area contributed by atoms with Gasteiger partial charge in [0.15, 0.2) is 0 Å². The van der Waals surface area contributed by atoms with Crippen LogP contribution in [0.4, 0.5) is 4.39 Å². The van der Waals surface area contributed by atoms with E-state index in [1.807, 2.05) is 6.07 Å². The van der Waals surface area contributed by atoms with Gasteiger partial charge in [0.05, 0.1) is 14.2 Å². The van der Waals surface area contributed by atoms with Crippen LogP contribution in [0.3, 0.4) is 0 Å². The van der Waals surface area contributed by atoms with E-state index < -0.39 is 6.17 Å². The van der Waals surface area contributed by atoms with Gasteiger partial charge in [0, 0.05) is 30.8 Å². The van der Waals surface area contributed by atoms with Gasteiger partial charge < -0.3 is 9.47 Å². The smallest absolute Gasteiger partial charge is 0.130 e. The molecule has 0 aromatic heterocycles. The van der Waals surface area contributed by atoms with Gasteiger partial charge in [0.1, 0.15) is 17.7 Å². The lowest BCUT2D eigenvalue weighted by Gasteiger charge is -2.29. The van der Waals surface area contributed by atoms with Crippen LogP contribution in [0.1, 0.15) is 43.7 Å². The molecule has 0 aliphatic carbocycles. The van der Waals surface area contributed by atoms with E-state index in [1.165, 1.54) is 0 Å². The minimum atomic E-state index is -0.634. The Kier molecular flexibility index (Phi) is 5.45. The molecule has 3 nitrogen and oxygen atoms in total. The maximum Gasteiger partial charge on any atom is 0.130 e. The number of hydrogen-bond acceptors (Lipinski definition) is 3. The topological polar surface area (TPSA) is 21.7 Å². The summed E-state index contributed by atoms with van der Waals surface area (Å²) in [5, 5.41) is 0. The van der Waals surface area contributed by atoms with Gasteiger partial charge in [-0.05, 0) is 24.8 Å². The third-order valence-electron chi connectivity index (χ3n) is 4.15. The Morgan fingerprint density at radius 3 is 2.38 bits per heavy atom. The number of benzene rings is 1. The summed E-state index contributed by atoms with van der Waals surface area (Å²) in [6, 6.07) is 4.07. The molecule has 1 heterocycles. The first-order valence-electron chi connectivity index (χ1n) is 7.67. The van der Waals surface area contributed by atoms with E-state index in [2.05, 4.69) is 24.8 Å². The van der Waals surface area contributed by atoms with Crippen LogP contribution >= 0.6 is 0 Å². The van der Waals surface area contributed by atoms with Gasteiger partial charge in [-0.3, -0.25) is 4.90 Å². The predicted molar refractivity (Wildman–Crippen MR) is 83.0 cm³/mol. The molecular weight excluding hydrogens is 269 g/mol. The molecule has 1 aromatic carbocycles. The van der Waals surface area contributed by atoms with Crippen molar-refractivity contribution in [3.63, 3.8) is 0 Å². The van der Waals surface area contributed by atoms with Crippen LogP contribution in [0.15, 0.2) is 12.1 Å². The van der Waals surface area contributed by atoms with Gasteiger partial charge in [0.25, 0.3) is 0 Å². The first-order valence-corrected chi connectivity index (χ1v) is 7.67. The first kappa shape index (κ1) is 16.1. The van der Waals surface area contributed by atoms with Crippen molar-refractivity contribution in [3.05, 3.63) is 23.3 Å². The van der Waals surface area contributed by atoms with Gasteiger partial charge in [-0.1, -0.05) is 19.9 Å². The van der Waals surface area contributed by atoms with E-state index >= 15 is 0 Å². The van der Waals surface area contributed by atoms with Crippen molar-refractivity contribution >= 4 is 0 Å². The van der Waals surface area contributed by atoms with Gasteiger partial charge in [-0.25, -0.2) is 4.39 Å². The molecule has 1 aromatic rings. The van der Waals surface area contributed by atoms with Crippen LogP contribution in [0.2, 0.25) is 0 Å². The van der Waals surface area contributed by atoms with E-state index in [-0.39, 0.29) is 0 Å². The van der Waals surface area contributed by atoms with E-state index in [4.69, 9.17) is 9.47 Å². The van der Waals surface area contributed by atoms with Crippen LogP contribution in [-0.2, 0) is 6.54 Å². The SMILES string of the molecule is COc1ccc(CN2CCC(F)CC2)c(OC)c1C(C)C. The molecule has 2 rings (SSSR count). The summed E-state index contributed by atoms with van der Waals surface area (Å²) < 4.78 is 24.4. The molecule has 1 aliphatic rings. The highest BCUT2D eigenvalue weighted by Crippen LogP contribution is 2.38. The molecule has 0 unspecified atom stereocenters. The minimum Gasteiger partial charge on any atom is -0.496 e. The number of piperidine rings is 1. The average Bonchev–Trinajstić information content (AvgIpc) is 2.48. The van der Waals surface area contributed by atoms with Gasteiger partial charge in [0.2, 0.25) is 0 Å². The monoisotopic (exact) mass is 295 g/mol. The van der Waals surface area contributed by atoms with Crippen molar-refractivity contribution in [3.8, 4) is 11.5 Å². The summed E-state index contributed by atoms with van der Waals surface area (Å²) in [6.07, 6.45) is 0.635. The Balaban J connectivity index is 2.25. The number of methoxy groups -OCH3 is 2. The van der Waals surface area contributed by atoms with Crippen LogP contribution in [0.5, 0.6) is 11.5 Å². The second-order valence-electron chi connectivity index (χ2n) is 5.98. The summed E-state index contributed by atoms with van der Waals surface area (Å²) >= 11 is 0. The molecule has 0 atom stereocenters. The normalized spacial score (nSPS) is 17.2. The Morgan fingerprint density at radius 1 is 1.19 bits per heavy atom. The van der Waals surface area contributed by atoms with E-state index in [9.17, 15) is 4.39 Å². The van der Waals surface area contributed by atoms with Crippen molar-refractivity contribution in [1.82, 2.24) is 4.90 Å². The zero-order chi connectivity index (χ0) is 15.4. The molecule has 1 saturated heterocycles. The summed E-state index contributed by atoms with van der Waals surface area (Å²) in [4.78, 5) is 2.30. The highest BCUT2D eigenvalue weighted by molar-refractivity contribution is 5.51. The molecule has 0 bridgehead atoms. The molecule has 0 saturated carbocycles. The van der Waals surface area contributed by atoms with Crippen molar-refractivity contribution in [2.24, 2.45) is 0 Å². The largest absolute Gasteiger partial charge is 0.496 e. The van der Waals surface area contributed by atoms with Gasteiger partial charge in [-0.15, -0.1) is 0 Å². The summed E-state index contributed by atoms with van der Waals surface area (Å²) in [5.74, 6) is 2.10. The molecule has 0 spiro atoms. The molecule has 0 N–H and O–H groups in total. The lowest BCUT2D eigenvalue weighted by Crippen LogP contribution is -2.34. The number of ether oxygens (including phenoxy) is 2. The minimum absolute atomic E-state index is 0.325. The second kappa shape index (κ2) is 7.12. The number of nitrogens with zero attached hydrogens (tertiary/aromatic N) is 1. The number of likely N-dealkylation sites (tertiary alicyclic amines) is 1. The molecular formula is C17H26FNO2. The number of halogens is 1. The Bertz CT molecular complexity index is 468. The zero-order valence-electron chi connectivity index (χ0n) is 13.5. The Labute approximate surface area is 127 Å². The molecule has 118 valence electrons. The zero-order valence-corrected chi connectivity index (χ0v) is 13.5. The predicted octanol–water partition coefficient (Wildman–Crippen LogP) is 3.76. The van der Waals surface area contributed by atoms with Crippen LogP contribution < -0.4 is 9.47 Å². The van der Waals surface area contributed by atoms with E-state index in [0.29, 0.717) is 18.8 Å². The summed E-state index contributed by atoms with van der Waals surface area (Å²) in [5.41, 5.74) is 2.26. The Morgan fingerprint density at radius 2 is 1.86 bits per heavy atom. The van der Waals surface area contributed by atoms with Crippen molar-refractivity contribution in [2.75, 3.05) is 27.3 Å². The Hall–Kier alpha value is -1.29. The third kappa shape index (κ3) is 3.67. The van der Waals surface area contributed by atoms with E-state index in [1.54, 1.807) is 14.2 Å². The van der Waals surface area contributed by atoms with Crippen molar-refractivity contribution < 1.29 is 13.9 Å². The fourth-order valence-corrected chi connectivity index (χ4v) is 3.02. The molecule has 21 heavy (non-hydrogen) atoms. The molecule has 0 radical (unpaired) electrons. The maximum atomic E-state index is 13.2. The van der Waals surface area contributed by atoms with Crippen molar-refractivity contribution in [2.45, 2.75) is 45.3 Å². The highest BCUT2D eigenvalue weighted by Gasteiger charge is 2.22. The third-order valence-corrected chi connectivity index (χ3v) is 4.15. The van der Waals surface area contributed by atoms with Crippen LogP contribution in [0, 0.1) is 0 Å². The first-order chi connectivity index (χ1) is 10.1.